The van der Waals surface area contributed by atoms with Crippen LogP contribution >= 0.6 is 23.2 Å². The topological polar surface area (TPSA) is 78.9 Å². The maximum absolute atomic E-state index is 12.4. The van der Waals surface area contributed by atoms with Gasteiger partial charge < -0.3 is 10.6 Å². The molecule has 4 aromatic rings. The minimum Gasteiger partial charge on any atom is -0.340 e. The fourth-order valence-corrected chi connectivity index (χ4v) is 3.34. The Bertz CT molecular complexity index is 1220. The third-order valence-electron chi connectivity index (χ3n) is 4.32. The highest BCUT2D eigenvalue weighted by molar-refractivity contribution is 6.36. The van der Waals surface area contributed by atoms with E-state index in [-0.39, 0.29) is 0 Å². The van der Waals surface area contributed by atoms with Crippen LogP contribution in [0.3, 0.4) is 0 Å². The van der Waals surface area contributed by atoms with Crippen molar-refractivity contribution >= 4 is 52.2 Å². The van der Waals surface area contributed by atoms with Crippen molar-refractivity contribution in [3.63, 3.8) is 0 Å². The van der Waals surface area contributed by atoms with Crippen molar-refractivity contribution in [2.24, 2.45) is 0 Å². The summed E-state index contributed by atoms with van der Waals surface area (Å²) < 4.78 is 0. The highest BCUT2D eigenvalue weighted by Crippen LogP contribution is 2.26. The molecule has 0 aliphatic heterocycles. The molecule has 0 aliphatic rings. The summed E-state index contributed by atoms with van der Waals surface area (Å²) in [5, 5.41) is 9.50. The summed E-state index contributed by atoms with van der Waals surface area (Å²) in [7, 11) is 0. The zero-order valence-corrected chi connectivity index (χ0v) is 17.7. The van der Waals surface area contributed by atoms with Crippen molar-refractivity contribution in [1.82, 2.24) is 9.97 Å². The molecule has 154 valence electrons. The van der Waals surface area contributed by atoms with Gasteiger partial charge in [0, 0.05) is 23.1 Å². The third-order valence-corrected chi connectivity index (χ3v) is 4.87. The molecular formula is C23H17Cl2N5O. The van der Waals surface area contributed by atoms with Crippen LogP contribution < -0.4 is 16.0 Å². The number of carbonyl (C=O) groups is 1. The van der Waals surface area contributed by atoms with Gasteiger partial charge in [0.25, 0.3) is 0 Å². The normalized spacial score (nSPS) is 10.4. The standard InChI is InChI=1S/C23H17Cl2N5O/c24-17-6-7-20(19(25)14-17)29-23(31)30-22-13-16(9-11-27-22)15-8-10-26-21(12-15)28-18-4-2-1-3-5-18/h1-14H,(H,26,28)(H2,27,29,30,31). The Hall–Kier alpha value is -3.61. The van der Waals surface area contributed by atoms with Crippen molar-refractivity contribution in [2.75, 3.05) is 16.0 Å². The van der Waals surface area contributed by atoms with E-state index < -0.39 is 6.03 Å². The maximum atomic E-state index is 12.4. The van der Waals surface area contributed by atoms with E-state index in [1.165, 1.54) is 0 Å². The summed E-state index contributed by atoms with van der Waals surface area (Å²) in [6.07, 6.45) is 3.36. The second-order valence-corrected chi connectivity index (χ2v) is 7.40. The summed E-state index contributed by atoms with van der Waals surface area (Å²) in [5.74, 6) is 1.11. The zero-order chi connectivity index (χ0) is 21.6. The van der Waals surface area contributed by atoms with Crippen LogP contribution in [0.5, 0.6) is 0 Å². The number of hydrogen-bond donors (Lipinski definition) is 3. The second-order valence-electron chi connectivity index (χ2n) is 6.55. The van der Waals surface area contributed by atoms with E-state index in [1.54, 1.807) is 36.7 Å². The predicted octanol–water partition coefficient (Wildman–Crippen LogP) is 6.84. The number of urea groups is 1. The first-order valence-electron chi connectivity index (χ1n) is 9.34. The summed E-state index contributed by atoms with van der Waals surface area (Å²) >= 11 is 12.0. The van der Waals surface area contributed by atoms with E-state index in [9.17, 15) is 4.79 Å². The molecule has 4 rings (SSSR count). The average Bonchev–Trinajstić information content (AvgIpc) is 2.77. The number of amides is 2. The summed E-state index contributed by atoms with van der Waals surface area (Å²) in [5.41, 5.74) is 3.21. The Kier molecular flexibility index (Phi) is 6.31. The molecule has 3 N–H and O–H groups in total. The maximum Gasteiger partial charge on any atom is 0.324 e. The molecule has 0 spiro atoms. The van der Waals surface area contributed by atoms with Gasteiger partial charge in [-0.05, 0) is 65.7 Å². The Labute approximate surface area is 189 Å². The summed E-state index contributed by atoms with van der Waals surface area (Å²) in [6, 6.07) is 21.6. The zero-order valence-electron chi connectivity index (χ0n) is 16.1. The number of benzene rings is 2. The van der Waals surface area contributed by atoms with E-state index in [2.05, 4.69) is 25.9 Å². The lowest BCUT2D eigenvalue weighted by Crippen LogP contribution is -2.20. The van der Waals surface area contributed by atoms with Crippen LogP contribution in [0.25, 0.3) is 11.1 Å². The first kappa shape index (κ1) is 20.7. The van der Waals surface area contributed by atoms with Crippen LogP contribution in [0, 0.1) is 0 Å². The van der Waals surface area contributed by atoms with Gasteiger partial charge in [0.1, 0.15) is 11.6 Å². The lowest BCUT2D eigenvalue weighted by atomic mass is 10.1. The molecule has 0 atom stereocenters. The lowest BCUT2D eigenvalue weighted by molar-refractivity contribution is 0.262. The number of aromatic nitrogens is 2. The Morgan fingerprint density at radius 2 is 1.42 bits per heavy atom. The Morgan fingerprint density at radius 1 is 0.742 bits per heavy atom. The number of para-hydroxylation sites is 1. The number of rotatable bonds is 5. The van der Waals surface area contributed by atoms with E-state index in [4.69, 9.17) is 23.2 Å². The fraction of sp³-hybridized carbons (Fsp3) is 0. The lowest BCUT2D eigenvalue weighted by Gasteiger charge is -2.10. The Balaban J connectivity index is 1.48. The van der Waals surface area contributed by atoms with E-state index in [0.29, 0.717) is 27.4 Å². The highest BCUT2D eigenvalue weighted by atomic mass is 35.5. The average molecular weight is 450 g/mol. The quantitative estimate of drug-likeness (QED) is 0.311. The number of nitrogens with zero attached hydrogens (tertiary/aromatic N) is 2. The van der Waals surface area contributed by atoms with Crippen molar-refractivity contribution in [3.8, 4) is 11.1 Å². The van der Waals surface area contributed by atoms with E-state index in [0.717, 1.165) is 16.8 Å². The van der Waals surface area contributed by atoms with Gasteiger partial charge in [-0.1, -0.05) is 41.4 Å². The smallest absolute Gasteiger partial charge is 0.324 e. The van der Waals surface area contributed by atoms with Gasteiger partial charge in [0.05, 0.1) is 10.7 Å². The van der Waals surface area contributed by atoms with Crippen LogP contribution in [0.1, 0.15) is 0 Å². The van der Waals surface area contributed by atoms with Crippen LogP contribution in [-0.4, -0.2) is 16.0 Å². The number of hydrogen-bond acceptors (Lipinski definition) is 4. The highest BCUT2D eigenvalue weighted by Gasteiger charge is 2.09. The number of pyridine rings is 2. The van der Waals surface area contributed by atoms with Crippen molar-refractivity contribution in [3.05, 3.63) is 95.2 Å². The van der Waals surface area contributed by atoms with Crippen LogP contribution in [0.2, 0.25) is 10.0 Å². The number of carbonyl (C=O) groups excluding carboxylic acids is 1. The molecule has 0 aliphatic carbocycles. The molecule has 2 amide bonds. The van der Waals surface area contributed by atoms with Gasteiger partial charge in [-0.2, -0.15) is 0 Å². The van der Waals surface area contributed by atoms with Crippen LogP contribution in [0.15, 0.2) is 85.2 Å². The van der Waals surface area contributed by atoms with E-state index in [1.807, 2.05) is 48.5 Å². The number of halogens is 2. The molecule has 0 saturated heterocycles. The van der Waals surface area contributed by atoms with Gasteiger partial charge in [-0.25, -0.2) is 14.8 Å². The van der Waals surface area contributed by atoms with Gasteiger partial charge in [0.2, 0.25) is 0 Å². The minimum atomic E-state index is -0.463. The molecule has 0 bridgehead atoms. The molecule has 8 heteroatoms. The van der Waals surface area contributed by atoms with Crippen LogP contribution in [-0.2, 0) is 0 Å². The largest absolute Gasteiger partial charge is 0.340 e. The molecule has 0 radical (unpaired) electrons. The molecule has 31 heavy (non-hydrogen) atoms. The first-order chi connectivity index (χ1) is 15.1. The molecule has 0 saturated carbocycles. The molecule has 2 heterocycles. The van der Waals surface area contributed by atoms with Gasteiger partial charge >= 0.3 is 6.03 Å². The molecule has 6 nitrogen and oxygen atoms in total. The minimum absolute atomic E-state index is 0.347. The third kappa shape index (κ3) is 5.51. The molecule has 2 aromatic carbocycles. The monoisotopic (exact) mass is 449 g/mol. The van der Waals surface area contributed by atoms with Gasteiger partial charge in [-0.15, -0.1) is 0 Å². The van der Waals surface area contributed by atoms with Crippen molar-refractivity contribution < 1.29 is 4.79 Å². The van der Waals surface area contributed by atoms with Crippen molar-refractivity contribution in [1.29, 1.82) is 0 Å². The summed E-state index contributed by atoms with van der Waals surface area (Å²) in [4.78, 5) is 20.9. The SMILES string of the molecule is O=C(Nc1cc(-c2ccnc(Nc3ccccc3)c2)ccn1)Nc1ccc(Cl)cc1Cl. The number of nitrogens with one attached hydrogen (secondary N) is 3. The fourth-order valence-electron chi connectivity index (χ4n) is 2.89. The van der Waals surface area contributed by atoms with Gasteiger partial charge in [0.15, 0.2) is 0 Å². The number of anilines is 4. The molecule has 0 unspecified atom stereocenters. The van der Waals surface area contributed by atoms with E-state index >= 15 is 0 Å². The van der Waals surface area contributed by atoms with Crippen molar-refractivity contribution in [2.45, 2.75) is 0 Å². The Morgan fingerprint density at radius 3 is 2.13 bits per heavy atom. The van der Waals surface area contributed by atoms with Crippen LogP contribution in [0.4, 0.5) is 27.8 Å². The molecule has 0 fully saturated rings. The summed E-state index contributed by atoms with van der Waals surface area (Å²) in [6.45, 7) is 0. The van der Waals surface area contributed by atoms with Gasteiger partial charge in [-0.3, -0.25) is 5.32 Å². The second kappa shape index (κ2) is 9.47. The predicted molar refractivity (Wildman–Crippen MR) is 126 cm³/mol. The molecule has 2 aromatic heterocycles. The molecular weight excluding hydrogens is 433 g/mol. The first-order valence-corrected chi connectivity index (χ1v) is 10.1.